The van der Waals surface area contributed by atoms with Crippen molar-refractivity contribution in [3.63, 3.8) is 0 Å². The zero-order valence-electron chi connectivity index (χ0n) is 17.5. The highest BCUT2D eigenvalue weighted by Crippen LogP contribution is 2.65. The first kappa shape index (κ1) is 21.6. The quantitative estimate of drug-likeness (QED) is 0.550. The van der Waals surface area contributed by atoms with Gasteiger partial charge in [-0.25, -0.2) is 0 Å². The first-order valence-electron chi connectivity index (χ1n) is 11.3. The molecule has 5 atom stereocenters. The summed E-state index contributed by atoms with van der Waals surface area (Å²) >= 11 is 0. The number of rotatable bonds is 7. The molecule has 0 spiro atoms. The predicted octanol–water partition coefficient (Wildman–Crippen LogP) is 4.71. The van der Waals surface area contributed by atoms with Gasteiger partial charge >= 0.3 is 5.97 Å². The van der Waals surface area contributed by atoms with Crippen LogP contribution in [0.1, 0.15) is 78.1 Å². The second kappa shape index (κ2) is 9.13. The number of hydrogen-bond acceptors (Lipinski definition) is 3. The zero-order valence-corrected chi connectivity index (χ0v) is 17.5. The van der Waals surface area contributed by atoms with Gasteiger partial charge in [0.2, 0.25) is 0 Å². The Balaban J connectivity index is 1.72. The maximum atomic E-state index is 10.9. The summed E-state index contributed by atoms with van der Waals surface area (Å²) in [4.78, 5) is 10.9. The fourth-order valence-electron chi connectivity index (χ4n) is 6.26. The van der Waals surface area contributed by atoms with Crippen molar-refractivity contribution in [2.24, 2.45) is 29.1 Å². The number of carbonyl (C=O) groups is 1. The standard InChI is InChI=1S/C24H38O4/c1-16(2)24-14-13-22(26)19(11-12-21(25)17-7-4-3-5-8-17)20(24)15-18(24)9-6-10-23(27)28/h9,11-12,16-17,19-22,25-26H,3-8,10,13-15H2,1-2H3,(H,27,28)/t19-,20-,21?,22-,24+/m0/s1. The molecule has 1 unspecified atom stereocenters. The van der Waals surface area contributed by atoms with Gasteiger partial charge in [0.25, 0.3) is 0 Å². The summed E-state index contributed by atoms with van der Waals surface area (Å²) in [6.45, 7) is 4.51. The molecular weight excluding hydrogens is 352 g/mol. The molecule has 0 aromatic heterocycles. The molecule has 0 aromatic carbocycles. The number of carboxylic acid groups (broad SMARTS) is 1. The molecule has 158 valence electrons. The van der Waals surface area contributed by atoms with Crippen LogP contribution in [0, 0.1) is 29.1 Å². The van der Waals surface area contributed by atoms with Crippen molar-refractivity contribution in [3.05, 3.63) is 23.8 Å². The molecule has 4 heteroatoms. The van der Waals surface area contributed by atoms with E-state index < -0.39 is 12.1 Å². The van der Waals surface area contributed by atoms with Crippen molar-refractivity contribution >= 4 is 5.97 Å². The van der Waals surface area contributed by atoms with Crippen LogP contribution in [0.15, 0.2) is 23.8 Å². The molecule has 0 aliphatic heterocycles. The maximum Gasteiger partial charge on any atom is 0.303 e. The Morgan fingerprint density at radius 1 is 1.21 bits per heavy atom. The van der Waals surface area contributed by atoms with Crippen molar-refractivity contribution in [1.82, 2.24) is 0 Å². The number of aliphatic carboxylic acids is 1. The molecule has 3 saturated carbocycles. The molecule has 4 nitrogen and oxygen atoms in total. The zero-order chi connectivity index (χ0) is 20.3. The summed E-state index contributed by atoms with van der Waals surface area (Å²) in [5.41, 5.74) is 1.48. The van der Waals surface area contributed by atoms with Gasteiger partial charge in [-0.15, -0.1) is 0 Å². The lowest BCUT2D eigenvalue weighted by Crippen LogP contribution is -2.55. The van der Waals surface area contributed by atoms with Crippen LogP contribution in [0.2, 0.25) is 0 Å². The fourth-order valence-corrected chi connectivity index (χ4v) is 6.26. The molecule has 28 heavy (non-hydrogen) atoms. The van der Waals surface area contributed by atoms with Crippen molar-refractivity contribution in [2.75, 3.05) is 0 Å². The number of aliphatic hydroxyl groups is 2. The number of carboxylic acids is 1. The van der Waals surface area contributed by atoms with Crippen LogP contribution in [0.5, 0.6) is 0 Å². The van der Waals surface area contributed by atoms with Crippen LogP contribution < -0.4 is 0 Å². The summed E-state index contributed by atoms with van der Waals surface area (Å²) in [6, 6.07) is 0. The fraction of sp³-hybridized carbons (Fsp3) is 0.792. The molecule has 3 fully saturated rings. The average molecular weight is 391 g/mol. The highest BCUT2D eigenvalue weighted by Gasteiger charge is 2.58. The molecule has 0 bridgehead atoms. The van der Waals surface area contributed by atoms with E-state index in [9.17, 15) is 15.0 Å². The van der Waals surface area contributed by atoms with E-state index in [-0.39, 0.29) is 23.9 Å². The van der Waals surface area contributed by atoms with E-state index in [2.05, 4.69) is 26.0 Å². The molecule has 0 aromatic rings. The lowest BCUT2D eigenvalue weighted by atomic mass is 9.43. The summed E-state index contributed by atoms with van der Waals surface area (Å²) < 4.78 is 0. The van der Waals surface area contributed by atoms with E-state index in [1.54, 1.807) is 0 Å². The second-order valence-electron chi connectivity index (χ2n) is 9.62. The number of hydrogen-bond donors (Lipinski definition) is 3. The van der Waals surface area contributed by atoms with Gasteiger partial charge in [-0.1, -0.05) is 56.9 Å². The second-order valence-corrected chi connectivity index (χ2v) is 9.62. The lowest BCUT2D eigenvalue weighted by Gasteiger charge is -2.61. The molecule has 0 radical (unpaired) electrons. The van der Waals surface area contributed by atoms with Crippen LogP contribution in [0.4, 0.5) is 0 Å². The third-order valence-electron chi connectivity index (χ3n) is 7.90. The Morgan fingerprint density at radius 3 is 2.57 bits per heavy atom. The van der Waals surface area contributed by atoms with Crippen molar-refractivity contribution in [3.8, 4) is 0 Å². The van der Waals surface area contributed by atoms with Crippen LogP contribution in [-0.2, 0) is 4.79 Å². The van der Waals surface area contributed by atoms with E-state index in [0.717, 1.165) is 32.1 Å². The van der Waals surface area contributed by atoms with Gasteiger partial charge in [0.15, 0.2) is 0 Å². The monoisotopic (exact) mass is 390 g/mol. The Kier molecular flexibility index (Phi) is 7.03. The van der Waals surface area contributed by atoms with Crippen LogP contribution in [0.25, 0.3) is 0 Å². The van der Waals surface area contributed by atoms with Gasteiger partial charge in [0.1, 0.15) is 0 Å². The maximum absolute atomic E-state index is 10.9. The molecule has 3 aliphatic rings. The van der Waals surface area contributed by atoms with Crippen LogP contribution >= 0.6 is 0 Å². The van der Waals surface area contributed by atoms with E-state index in [0.29, 0.717) is 24.2 Å². The average Bonchev–Trinajstić information content (AvgIpc) is 2.65. The number of fused-ring (bicyclic) bond motifs is 1. The van der Waals surface area contributed by atoms with Gasteiger partial charge in [0, 0.05) is 12.3 Å². The van der Waals surface area contributed by atoms with E-state index in [4.69, 9.17) is 5.11 Å². The van der Waals surface area contributed by atoms with E-state index in [1.807, 2.05) is 6.08 Å². The van der Waals surface area contributed by atoms with Crippen molar-refractivity contribution < 1.29 is 20.1 Å². The lowest BCUT2D eigenvalue weighted by molar-refractivity contribution is -0.136. The Morgan fingerprint density at radius 2 is 1.93 bits per heavy atom. The topological polar surface area (TPSA) is 77.8 Å². The van der Waals surface area contributed by atoms with E-state index >= 15 is 0 Å². The largest absolute Gasteiger partial charge is 0.481 e. The van der Waals surface area contributed by atoms with E-state index in [1.165, 1.54) is 24.8 Å². The highest BCUT2D eigenvalue weighted by molar-refractivity contribution is 5.66. The first-order valence-corrected chi connectivity index (χ1v) is 11.3. The Hall–Kier alpha value is -1.13. The Labute approximate surface area is 169 Å². The van der Waals surface area contributed by atoms with Crippen LogP contribution in [0.3, 0.4) is 0 Å². The molecule has 3 aliphatic carbocycles. The number of aliphatic hydroxyl groups excluding tert-OH is 2. The summed E-state index contributed by atoms with van der Waals surface area (Å²) in [7, 11) is 0. The van der Waals surface area contributed by atoms with Crippen molar-refractivity contribution in [1.29, 1.82) is 0 Å². The van der Waals surface area contributed by atoms with Gasteiger partial charge in [-0.2, -0.15) is 0 Å². The van der Waals surface area contributed by atoms with Crippen molar-refractivity contribution in [2.45, 2.75) is 90.3 Å². The molecule has 0 amide bonds. The first-order chi connectivity index (χ1) is 13.4. The summed E-state index contributed by atoms with van der Waals surface area (Å²) in [6.07, 6.45) is 14.9. The minimum absolute atomic E-state index is 0.0858. The highest BCUT2D eigenvalue weighted by atomic mass is 16.4. The van der Waals surface area contributed by atoms with Gasteiger partial charge in [-0.3, -0.25) is 4.79 Å². The third kappa shape index (κ3) is 4.23. The number of allylic oxidation sites excluding steroid dienone is 2. The smallest absolute Gasteiger partial charge is 0.303 e. The molecule has 0 heterocycles. The molecule has 0 saturated heterocycles. The third-order valence-corrected chi connectivity index (χ3v) is 7.90. The van der Waals surface area contributed by atoms with Gasteiger partial charge < -0.3 is 15.3 Å². The molecule has 3 N–H and O–H groups in total. The predicted molar refractivity (Wildman–Crippen MR) is 111 cm³/mol. The molecule has 3 rings (SSSR count). The normalized spacial score (nSPS) is 36.5. The van der Waals surface area contributed by atoms with Gasteiger partial charge in [0.05, 0.1) is 12.2 Å². The van der Waals surface area contributed by atoms with Gasteiger partial charge in [-0.05, 0) is 61.7 Å². The molecular formula is C24H38O4. The summed E-state index contributed by atoms with van der Waals surface area (Å²) in [5.74, 6) is 0.568. The Bertz CT molecular complexity index is 602. The minimum Gasteiger partial charge on any atom is -0.481 e. The summed E-state index contributed by atoms with van der Waals surface area (Å²) in [5, 5.41) is 30.3. The SMILES string of the molecule is CC(C)[C@@]12CC[C@H](O)[C@@H](C=CC(O)C3CCCCC3)[C@@H]1CC2=CCCC(=O)O. The van der Waals surface area contributed by atoms with Crippen LogP contribution in [-0.4, -0.2) is 33.5 Å². The minimum atomic E-state index is -0.747.